The maximum Gasteiger partial charge on any atom is 0.253 e. The van der Waals surface area contributed by atoms with Crippen LogP contribution in [0.25, 0.3) is 22.0 Å². The number of hydrogen-bond donors (Lipinski definition) is 3. The van der Waals surface area contributed by atoms with E-state index >= 15 is 0 Å². The number of fused-ring (bicyclic) bond motifs is 1. The van der Waals surface area contributed by atoms with Crippen LogP contribution in [0, 0.1) is 26.7 Å². The van der Waals surface area contributed by atoms with Crippen LogP contribution in [-0.2, 0) is 0 Å². The van der Waals surface area contributed by atoms with Gasteiger partial charge in [-0.3, -0.25) is 9.59 Å². The van der Waals surface area contributed by atoms with Gasteiger partial charge in [0.05, 0.1) is 11.6 Å². The highest BCUT2D eigenvalue weighted by atomic mass is 16.1. The van der Waals surface area contributed by atoms with Crippen LogP contribution < -0.4 is 21.5 Å². The molecule has 1 aliphatic heterocycles. The first kappa shape index (κ1) is 26.7. The normalized spacial score (nSPS) is 15.5. The zero-order valence-corrected chi connectivity index (χ0v) is 23.5. The van der Waals surface area contributed by atoms with Crippen molar-refractivity contribution in [2.45, 2.75) is 47.1 Å². The molecular formula is C31H38N6O2. The summed E-state index contributed by atoms with van der Waals surface area (Å²) in [5, 5.41) is 4.19. The van der Waals surface area contributed by atoms with Crippen LogP contribution in [0.3, 0.4) is 0 Å². The minimum atomic E-state index is -0.474. The second kappa shape index (κ2) is 10.7. The Hall–Kier alpha value is -3.91. The average Bonchev–Trinajstić information content (AvgIpc) is 3.25. The SMILES string of the molecule is CC[C@H](C)[C@@H](c1c(C)cc(C)[nH]c1=O)n1cc(C)c2c(C(N)=O)cc(-c3ccc(N4CCNCC4)nc3)cc21. The Bertz CT molecular complexity index is 1580. The molecule has 1 saturated heterocycles. The van der Waals surface area contributed by atoms with Gasteiger partial charge in [-0.15, -0.1) is 0 Å². The number of nitrogens with zero attached hydrogens (tertiary/aromatic N) is 3. The molecule has 0 spiro atoms. The van der Waals surface area contributed by atoms with E-state index in [1.54, 1.807) is 0 Å². The lowest BCUT2D eigenvalue weighted by molar-refractivity contribution is 0.100. The summed E-state index contributed by atoms with van der Waals surface area (Å²) in [4.78, 5) is 36.1. The fraction of sp³-hybridized carbons (Fsp3) is 0.387. The topological polar surface area (TPSA) is 109 Å². The fourth-order valence-electron chi connectivity index (χ4n) is 5.97. The summed E-state index contributed by atoms with van der Waals surface area (Å²) in [6.45, 7) is 13.9. The van der Waals surface area contributed by atoms with Gasteiger partial charge in [0.15, 0.2) is 0 Å². The van der Waals surface area contributed by atoms with E-state index in [1.165, 1.54) is 0 Å². The molecule has 204 valence electrons. The third-order valence-electron chi connectivity index (χ3n) is 8.10. The second-order valence-electron chi connectivity index (χ2n) is 10.9. The molecule has 1 amide bonds. The van der Waals surface area contributed by atoms with E-state index in [1.807, 2.05) is 45.2 Å². The molecule has 8 heteroatoms. The number of aryl methyl sites for hydroxylation is 3. The van der Waals surface area contributed by atoms with Gasteiger partial charge in [-0.2, -0.15) is 0 Å². The molecule has 1 aliphatic rings. The lowest BCUT2D eigenvalue weighted by Crippen LogP contribution is -2.43. The number of anilines is 1. The summed E-state index contributed by atoms with van der Waals surface area (Å²) < 4.78 is 2.17. The predicted molar refractivity (Wildman–Crippen MR) is 158 cm³/mol. The molecule has 39 heavy (non-hydrogen) atoms. The van der Waals surface area contributed by atoms with Crippen LogP contribution in [0.2, 0.25) is 0 Å². The smallest absolute Gasteiger partial charge is 0.253 e. The van der Waals surface area contributed by atoms with Gasteiger partial charge in [-0.1, -0.05) is 20.3 Å². The van der Waals surface area contributed by atoms with Crippen molar-refractivity contribution in [2.24, 2.45) is 11.7 Å². The Balaban J connectivity index is 1.70. The number of pyridine rings is 2. The summed E-state index contributed by atoms with van der Waals surface area (Å²) in [7, 11) is 0. The van der Waals surface area contributed by atoms with Crippen molar-refractivity contribution in [2.75, 3.05) is 31.1 Å². The van der Waals surface area contributed by atoms with Gasteiger partial charge in [-0.25, -0.2) is 4.98 Å². The number of hydrogen-bond acceptors (Lipinski definition) is 5. The molecule has 2 atom stereocenters. The molecule has 0 bridgehead atoms. The first-order chi connectivity index (χ1) is 18.7. The number of carbonyl (C=O) groups excluding carboxylic acids is 1. The zero-order valence-electron chi connectivity index (χ0n) is 23.5. The second-order valence-corrected chi connectivity index (χ2v) is 10.9. The van der Waals surface area contributed by atoms with Gasteiger partial charge in [0, 0.05) is 66.3 Å². The van der Waals surface area contributed by atoms with Crippen LogP contribution in [0.1, 0.15) is 59.1 Å². The number of primary amides is 1. The Morgan fingerprint density at radius 1 is 1.08 bits per heavy atom. The molecule has 1 aromatic carbocycles. The van der Waals surface area contributed by atoms with Gasteiger partial charge < -0.3 is 25.5 Å². The highest BCUT2D eigenvalue weighted by Crippen LogP contribution is 2.37. The van der Waals surface area contributed by atoms with Crippen LogP contribution in [0.5, 0.6) is 0 Å². The van der Waals surface area contributed by atoms with Crippen molar-refractivity contribution in [3.8, 4) is 11.1 Å². The minimum Gasteiger partial charge on any atom is -0.366 e. The molecule has 0 radical (unpaired) electrons. The number of nitrogens with two attached hydrogens (primary N) is 1. The lowest BCUT2D eigenvalue weighted by atomic mass is 9.90. The number of aromatic amines is 1. The van der Waals surface area contributed by atoms with Gasteiger partial charge in [-0.05, 0) is 73.7 Å². The number of piperazine rings is 1. The van der Waals surface area contributed by atoms with Crippen LogP contribution in [0.4, 0.5) is 5.82 Å². The predicted octanol–water partition coefficient (Wildman–Crippen LogP) is 4.46. The van der Waals surface area contributed by atoms with Gasteiger partial charge >= 0.3 is 0 Å². The first-order valence-electron chi connectivity index (χ1n) is 13.8. The van der Waals surface area contributed by atoms with E-state index in [9.17, 15) is 9.59 Å². The van der Waals surface area contributed by atoms with E-state index in [4.69, 9.17) is 10.7 Å². The Morgan fingerprint density at radius 2 is 1.82 bits per heavy atom. The molecule has 0 aliphatic carbocycles. The Labute approximate surface area is 229 Å². The van der Waals surface area contributed by atoms with Crippen molar-refractivity contribution in [1.82, 2.24) is 19.9 Å². The molecule has 1 fully saturated rings. The van der Waals surface area contributed by atoms with Crippen molar-refractivity contribution in [3.05, 3.63) is 81.0 Å². The Kier molecular flexibility index (Phi) is 7.32. The third kappa shape index (κ3) is 4.96. The average molecular weight is 527 g/mol. The monoisotopic (exact) mass is 526 g/mol. The highest BCUT2D eigenvalue weighted by Gasteiger charge is 2.28. The number of aromatic nitrogens is 3. The molecule has 0 saturated carbocycles. The molecule has 5 rings (SSSR count). The van der Waals surface area contributed by atoms with Crippen LogP contribution in [0.15, 0.2) is 47.5 Å². The van der Waals surface area contributed by atoms with E-state index in [-0.39, 0.29) is 17.5 Å². The van der Waals surface area contributed by atoms with Crippen molar-refractivity contribution in [1.29, 1.82) is 0 Å². The number of nitrogens with one attached hydrogen (secondary N) is 2. The first-order valence-corrected chi connectivity index (χ1v) is 13.8. The summed E-state index contributed by atoms with van der Waals surface area (Å²) in [5.74, 6) is 0.641. The fourth-order valence-corrected chi connectivity index (χ4v) is 5.97. The maximum atomic E-state index is 13.3. The van der Waals surface area contributed by atoms with Crippen LogP contribution in [-0.4, -0.2) is 46.6 Å². The minimum absolute atomic E-state index is 0.0729. The quantitative estimate of drug-likeness (QED) is 0.329. The maximum absolute atomic E-state index is 13.3. The summed E-state index contributed by atoms with van der Waals surface area (Å²) in [5.41, 5.74) is 12.5. The van der Waals surface area contributed by atoms with E-state index < -0.39 is 5.91 Å². The summed E-state index contributed by atoms with van der Waals surface area (Å²) in [6, 6.07) is 9.87. The summed E-state index contributed by atoms with van der Waals surface area (Å²) in [6.07, 6.45) is 4.81. The number of benzene rings is 1. The standard InChI is InChI=1S/C31H38N6O2/c1-6-18(2)29(28-19(3)13-21(5)35-31(28)39)37-17-20(4)27-24(30(32)38)14-23(15-25(27)37)22-7-8-26(34-16-22)36-11-9-33-10-12-36/h7-8,13-18,29,33H,6,9-12H2,1-5H3,(H2,32,38)(H,35,39)/t18-,29-/m0/s1. The number of rotatable bonds is 7. The van der Waals surface area contributed by atoms with Crippen molar-refractivity contribution < 1.29 is 4.79 Å². The molecule has 4 N–H and O–H groups in total. The number of H-pyrrole nitrogens is 1. The zero-order chi connectivity index (χ0) is 27.8. The van der Waals surface area contributed by atoms with Gasteiger partial charge in [0.2, 0.25) is 5.91 Å². The highest BCUT2D eigenvalue weighted by molar-refractivity contribution is 6.09. The van der Waals surface area contributed by atoms with Gasteiger partial charge in [0.25, 0.3) is 5.56 Å². The molecule has 4 heterocycles. The van der Waals surface area contributed by atoms with E-state index in [2.05, 4.69) is 51.9 Å². The van der Waals surface area contributed by atoms with Crippen LogP contribution >= 0.6 is 0 Å². The molecule has 4 aromatic rings. The van der Waals surface area contributed by atoms with E-state index in [0.717, 1.165) is 82.8 Å². The largest absolute Gasteiger partial charge is 0.366 e. The van der Waals surface area contributed by atoms with Crippen molar-refractivity contribution in [3.63, 3.8) is 0 Å². The Morgan fingerprint density at radius 3 is 2.44 bits per heavy atom. The molecule has 3 aromatic heterocycles. The summed E-state index contributed by atoms with van der Waals surface area (Å²) >= 11 is 0. The van der Waals surface area contributed by atoms with E-state index in [0.29, 0.717) is 5.56 Å². The number of carbonyl (C=O) groups is 1. The third-order valence-corrected chi connectivity index (χ3v) is 8.10. The molecule has 0 unspecified atom stereocenters. The lowest BCUT2D eigenvalue weighted by Gasteiger charge is -2.28. The van der Waals surface area contributed by atoms with Gasteiger partial charge in [0.1, 0.15) is 5.82 Å². The number of amides is 1. The molecular weight excluding hydrogens is 488 g/mol. The van der Waals surface area contributed by atoms with Crippen molar-refractivity contribution >= 4 is 22.6 Å². The molecule has 8 nitrogen and oxygen atoms in total.